The van der Waals surface area contributed by atoms with Gasteiger partial charge >= 0.3 is 5.97 Å². The van der Waals surface area contributed by atoms with Gasteiger partial charge in [0.15, 0.2) is 0 Å². The predicted octanol–water partition coefficient (Wildman–Crippen LogP) is 1.03. The van der Waals surface area contributed by atoms with Crippen LogP contribution in [0.5, 0.6) is 0 Å². The molecule has 11 heavy (non-hydrogen) atoms. The molecule has 0 rings (SSSR count). The molecule has 0 aromatic carbocycles. The third-order valence-corrected chi connectivity index (χ3v) is 1.22. The Morgan fingerprint density at radius 2 is 2.18 bits per heavy atom. The van der Waals surface area contributed by atoms with Crippen LogP contribution in [0.15, 0.2) is 0 Å². The van der Waals surface area contributed by atoms with Crippen LogP contribution in [0.4, 0.5) is 0 Å². The van der Waals surface area contributed by atoms with E-state index in [1.54, 1.807) is 0 Å². The van der Waals surface area contributed by atoms with E-state index in [1.807, 2.05) is 6.92 Å². The highest BCUT2D eigenvalue weighted by Crippen LogP contribution is 1.96. The summed E-state index contributed by atoms with van der Waals surface area (Å²) in [5, 5.41) is 18.5. The van der Waals surface area contributed by atoms with Crippen molar-refractivity contribution in [2.75, 3.05) is 6.61 Å². The second-order valence-electron chi connectivity index (χ2n) is 2.25. The van der Waals surface area contributed by atoms with E-state index in [4.69, 9.17) is 5.11 Å². The maximum Gasteiger partial charge on any atom is 0.364 e. The topological polar surface area (TPSA) is 66.4 Å². The molecule has 0 amide bonds. The fourth-order valence-electron chi connectivity index (χ4n) is 0.614. The molecule has 0 saturated carbocycles. The molecule has 0 aromatic rings. The van der Waals surface area contributed by atoms with Gasteiger partial charge in [0.2, 0.25) is 0 Å². The zero-order valence-corrected chi connectivity index (χ0v) is 6.58. The standard InChI is InChI=1S/C7H13O4/c1-2-3-4-5-11-7(10)6(8)9/h7H,2-5H2,1H3,(H,8,9). The molecule has 0 aromatic heterocycles. The molecular weight excluding hydrogens is 148 g/mol. The van der Waals surface area contributed by atoms with E-state index in [-0.39, 0.29) is 6.61 Å². The molecule has 0 aliphatic rings. The first-order valence-corrected chi connectivity index (χ1v) is 3.68. The van der Waals surface area contributed by atoms with Crippen molar-refractivity contribution < 1.29 is 19.7 Å². The molecule has 1 unspecified atom stereocenters. The quantitative estimate of drug-likeness (QED) is 0.467. The van der Waals surface area contributed by atoms with E-state index in [2.05, 4.69) is 4.74 Å². The Balaban J connectivity index is 3.17. The van der Waals surface area contributed by atoms with Gasteiger partial charge in [-0.15, -0.1) is 0 Å². The number of unbranched alkanes of at least 4 members (excludes halogenated alkanes) is 2. The number of rotatable bonds is 6. The summed E-state index contributed by atoms with van der Waals surface area (Å²) in [7, 11) is 0. The zero-order valence-electron chi connectivity index (χ0n) is 6.58. The number of hydrogen-bond acceptors (Lipinski definition) is 2. The molecule has 65 valence electrons. The lowest BCUT2D eigenvalue weighted by Crippen LogP contribution is -2.21. The van der Waals surface area contributed by atoms with Crippen molar-refractivity contribution >= 4 is 5.97 Å². The van der Waals surface area contributed by atoms with Crippen molar-refractivity contribution in [1.82, 2.24) is 0 Å². The Bertz CT molecular complexity index is 113. The van der Waals surface area contributed by atoms with Gasteiger partial charge in [0, 0.05) is 0 Å². The molecule has 0 heterocycles. The minimum atomic E-state index is -1.91. The van der Waals surface area contributed by atoms with Crippen LogP contribution in [0.1, 0.15) is 26.2 Å². The molecule has 0 saturated heterocycles. The molecule has 1 atom stereocenters. The maximum absolute atomic E-state index is 10.4. The fourth-order valence-corrected chi connectivity index (χ4v) is 0.614. The van der Waals surface area contributed by atoms with Gasteiger partial charge in [-0.05, 0) is 6.42 Å². The summed E-state index contributed by atoms with van der Waals surface area (Å²) in [5.41, 5.74) is 0. The van der Waals surface area contributed by atoms with Gasteiger partial charge in [-0.2, -0.15) is 5.11 Å². The van der Waals surface area contributed by atoms with Gasteiger partial charge in [0.05, 0.1) is 6.61 Å². The minimum absolute atomic E-state index is 0.244. The van der Waals surface area contributed by atoms with Gasteiger partial charge in [-0.3, -0.25) is 0 Å². The molecular formula is C7H13O4. The van der Waals surface area contributed by atoms with Crippen molar-refractivity contribution in [1.29, 1.82) is 0 Å². The SMILES string of the molecule is CCCCCOC([O])C(=O)O. The van der Waals surface area contributed by atoms with Crippen molar-refractivity contribution in [3.05, 3.63) is 0 Å². The zero-order chi connectivity index (χ0) is 8.69. The number of hydrogen-bond donors (Lipinski definition) is 1. The normalized spacial score (nSPS) is 12.9. The highest BCUT2D eigenvalue weighted by molar-refractivity contribution is 5.70. The van der Waals surface area contributed by atoms with Crippen molar-refractivity contribution in [2.24, 2.45) is 0 Å². The van der Waals surface area contributed by atoms with Crippen LogP contribution in [0, 0.1) is 0 Å². The van der Waals surface area contributed by atoms with Crippen LogP contribution in [0.25, 0.3) is 0 Å². The Labute approximate surface area is 65.8 Å². The second kappa shape index (κ2) is 6.12. The third kappa shape index (κ3) is 5.82. The van der Waals surface area contributed by atoms with Crippen LogP contribution in [0.3, 0.4) is 0 Å². The lowest BCUT2D eigenvalue weighted by Gasteiger charge is -2.03. The number of aliphatic carboxylic acids is 1. The minimum Gasteiger partial charge on any atom is -0.477 e. The molecule has 1 N–H and O–H groups in total. The number of ether oxygens (including phenoxy) is 1. The fraction of sp³-hybridized carbons (Fsp3) is 0.857. The average molecular weight is 161 g/mol. The Morgan fingerprint density at radius 3 is 2.64 bits per heavy atom. The first-order chi connectivity index (χ1) is 5.18. The lowest BCUT2D eigenvalue weighted by molar-refractivity contribution is -0.189. The van der Waals surface area contributed by atoms with Gasteiger partial charge < -0.3 is 9.84 Å². The van der Waals surface area contributed by atoms with Crippen molar-refractivity contribution in [3.8, 4) is 0 Å². The molecule has 4 nitrogen and oxygen atoms in total. The maximum atomic E-state index is 10.4. The average Bonchev–Trinajstić information content (AvgIpc) is 1.97. The Hall–Kier alpha value is -0.610. The molecule has 1 radical (unpaired) electrons. The van der Waals surface area contributed by atoms with Crippen LogP contribution in [-0.2, 0) is 14.6 Å². The summed E-state index contributed by atoms with van der Waals surface area (Å²) >= 11 is 0. The highest BCUT2D eigenvalue weighted by Gasteiger charge is 2.14. The summed E-state index contributed by atoms with van der Waals surface area (Å²) < 4.78 is 4.45. The van der Waals surface area contributed by atoms with E-state index >= 15 is 0 Å². The number of carbonyl (C=O) groups is 1. The molecule has 0 fully saturated rings. The van der Waals surface area contributed by atoms with Gasteiger partial charge in [0.25, 0.3) is 6.29 Å². The summed E-state index contributed by atoms with van der Waals surface area (Å²) in [4.78, 5) is 9.93. The predicted molar refractivity (Wildman–Crippen MR) is 37.6 cm³/mol. The highest BCUT2D eigenvalue weighted by atomic mass is 16.6. The molecule has 0 spiro atoms. The molecule has 0 aliphatic heterocycles. The molecule has 4 heteroatoms. The van der Waals surface area contributed by atoms with Crippen LogP contribution in [-0.4, -0.2) is 24.0 Å². The number of carboxylic acid groups (broad SMARTS) is 1. The van der Waals surface area contributed by atoms with Gasteiger partial charge in [-0.25, -0.2) is 4.79 Å². The van der Waals surface area contributed by atoms with E-state index in [0.29, 0.717) is 0 Å². The van der Waals surface area contributed by atoms with E-state index < -0.39 is 12.3 Å². The van der Waals surface area contributed by atoms with E-state index in [9.17, 15) is 9.90 Å². The van der Waals surface area contributed by atoms with Gasteiger partial charge in [-0.1, -0.05) is 19.8 Å². The summed E-state index contributed by atoms with van der Waals surface area (Å²) in [6, 6.07) is 0. The first-order valence-electron chi connectivity index (χ1n) is 3.68. The molecule has 0 aliphatic carbocycles. The summed E-state index contributed by atoms with van der Waals surface area (Å²) in [6.45, 7) is 2.26. The first kappa shape index (κ1) is 10.4. The third-order valence-electron chi connectivity index (χ3n) is 1.22. The smallest absolute Gasteiger partial charge is 0.364 e. The Morgan fingerprint density at radius 1 is 1.55 bits per heavy atom. The lowest BCUT2D eigenvalue weighted by atomic mass is 10.3. The van der Waals surface area contributed by atoms with E-state index in [1.165, 1.54) is 0 Å². The van der Waals surface area contributed by atoms with Crippen LogP contribution >= 0.6 is 0 Å². The van der Waals surface area contributed by atoms with Gasteiger partial charge in [0.1, 0.15) is 0 Å². The van der Waals surface area contributed by atoms with Crippen LogP contribution < -0.4 is 0 Å². The monoisotopic (exact) mass is 161 g/mol. The van der Waals surface area contributed by atoms with Crippen LogP contribution in [0.2, 0.25) is 0 Å². The second-order valence-corrected chi connectivity index (χ2v) is 2.25. The van der Waals surface area contributed by atoms with E-state index in [0.717, 1.165) is 19.3 Å². The Kier molecular flexibility index (Phi) is 5.78. The van der Waals surface area contributed by atoms with Crippen molar-refractivity contribution in [2.45, 2.75) is 32.5 Å². The van der Waals surface area contributed by atoms with Crippen molar-refractivity contribution in [3.63, 3.8) is 0 Å². The summed E-state index contributed by atoms with van der Waals surface area (Å²) in [6.07, 6.45) is 0.835. The largest absolute Gasteiger partial charge is 0.477 e. The number of carboxylic acids is 1. The summed E-state index contributed by atoms with van der Waals surface area (Å²) in [5.74, 6) is -1.44. The molecule has 0 bridgehead atoms.